The van der Waals surface area contributed by atoms with Crippen LogP contribution in [0.5, 0.6) is 5.75 Å². The van der Waals surface area contributed by atoms with E-state index in [-0.39, 0.29) is 43.8 Å². The molecule has 3 rings (SSSR count). The number of sulfonamides is 1. The molecule has 11 heteroatoms. The van der Waals surface area contributed by atoms with E-state index in [2.05, 4.69) is 5.32 Å². The number of ether oxygens (including phenoxy) is 1. The maximum absolute atomic E-state index is 13.5. The second kappa shape index (κ2) is 14.2. The van der Waals surface area contributed by atoms with Crippen molar-refractivity contribution in [2.45, 2.75) is 70.5 Å². The number of nitrogens with one attached hydrogen (secondary N) is 1. The van der Waals surface area contributed by atoms with Crippen LogP contribution in [0, 0.1) is 0 Å². The smallest absolute Gasteiger partial charge is 0.242 e. The van der Waals surface area contributed by atoms with E-state index < -0.39 is 16.1 Å². The fourth-order valence-corrected chi connectivity index (χ4v) is 6.03. The third kappa shape index (κ3) is 9.01. The van der Waals surface area contributed by atoms with Gasteiger partial charge in [0.2, 0.25) is 21.8 Å². The van der Waals surface area contributed by atoms with Crippen LogP contribution in [0.25, 0.3) is 0 Å². The molecule has 1 aliphatic rings. The van der Waals surface area contributed by atoms with E-state index in [9.17, 15) is 18.0 Å². The molecule has 1 aliphatic carbocycles. The molecule has 1 atom stereocenters. The third-order valence-corrected chi connectivity index (χ3v) is 8.88. The lowest BCUT2D eigenvalue weighted by Crippen LogP contribution is -2.50. The molecule has 0 saturated heterocycles. The Labute approximate surface area is 241 Å². The Morgan fingerprint density at radius 1 is 1.08 bits per heavy atom. The zero-order valence-electron chi connectivity index (χ0n) is 22.7. The Morgan fingerprint density at radius 2 is 1.79 bits per heavy atom. The van der Waals surface area contributed by atoms with Crippen LogP contribution in [0.4, 0.5) is 5.69 Å². The number of amides is 2. The van der Waals surface area contributed by atoms with Crippen molar-refractivity contribution in [3.05, 3.63) is 58.1 Å². The second-order valence-corrected chi connectivity index (χ2v) is 12.7. The zero-order chi connectivity index (χ0) is 28.6. The highest BCUT2D eigenvalue weighted by molar-refractivity contribution is 7.92. The van der Waals surface area contributed by atoms with Crippen molar-refractivity contribution in [1.29, 1.82) is 0 Å². The van der Waals surface area contributed by atoms with E-state index in [4.69, 9.17) is 27.9 Å². The summed E-state index contributed by atoms with van der Waals surface area (Å²) >= 11 is 12.3. The molecule has 0 aromatic heterocycles. The number of carbonyl (C=O) groups excluding carboxylic acids is 2. The average molecular weight is 599 g/mol. The first-order chi connectivity index (χ1) is 18.5. The van der Waals surface area contributed by atoms with E-state index in [0.29, 0.717) is 21.5 Å². The summed E-state index contributed by atoms with van der Waals surface area (Å²) in [6.45, 7) is 1.98. The van der Waals surface area contributed by atoms with E-state index >= 15 is 0 Å². The lowest BCUT2D eigenvalue weighted by atomic mass is 9.95. The van der Waals surface area contributed by atoms with Crippen LogP contribution in [0.3, 0.4) is 0 Å². The van der Waals surface area contributed by atoms with Gasteiger partial charge in [-0.1, -0.05) is 54.6 Å². The first-order valence-corrected chi connectivity index (χ1v) is 15.8. The fourth-order valence-electron chi connectivity index (χ4n) is 4.76. The molecule has 1 saturated carbocycles. The van der Waals surface area contributed by atoms with Gasteiger partial charge in [-0.2, -0.15) is 0 Å². The van der Waals surface area contributed by atoms with E-state index in [1.165, 1.54) is 22.7 Å². The molecule has 0 aliphatic heterocycles. The Kier molecular flexibility index (Phi) is 11.3. The molecule has 2 aromatic rings. The van der Waals surface area contributed by atoms with Gasteiger partial charge in [-0.15, -0.1) is 0 Å². The van der Waals surface area contributed by atoms with Crippen molar-refractivity contribution >= 4 is 50.7 Å². The average Bonchev–Trinajstić information content (AvgIpc) is 2.91. The highest BCUT2D eigenvalue weighted by Crippen LogP contribution is 2.26. The SMILES string of the molecule is COc1cccc(N(CCCC(=O)N(Cc2ccc(Cl)c(Cl)c2)[C@@H](C)C(=O)NC2CCCCC2)S(C)(=O)=O)c1. The number of nitrogens with zero attached hydrogens (tertiary/aromatic N) is 2. The quantitative estimate of drug-likeness (QED) is 0.352. The van der Waals surface area contributed by atoms with Crippen molar-refractivity contribution in [2.75, 3.05) is 24.2 Å². The van der Waals surface area contributed by atoms with E-state index in [0.717, 1.165) is 37.5 Å². The van der Waals surface area contributed by atoms with Crippen LogP contribution in [-0.4, -0.2) is 57.1 Å². The molecule has 1 fully saturated rings. The van der Waals surface area contributed by atoms with Crippen LogP contribution in [0.2, 0.25) is 10.0 Å². The number of hydrogen-bond donors (Lipinski definition) is 1. The summed E-state index contributed by atoms with van der Waals surface area (Å²) < 4.78 is 31.6. The van der Waals surface area contributed by atoms with Gasteiger partial charge in [-0.25, -0.2) is 8.42 Å². The number of anilines is 1. The van der Waals surface area contributed by atoms with Crippen molar-refractivity contribution in [2.24, 2.45) is 0 Å². The van der Waals surface area contributed by atoms with E-state index in [1.54, 1.807) is 49.4 Å². The van der Waals surface area contributed by atoms with Gasteiger partial charge in [0.15, 0.2) is 0 Å². The number of benzene rings is 2. The molecule has 0 heterocycles. The van der Waals surface area contributed by atoms with Crippen LogP contribution in [0.1, 0.15) is 57.4 Å². The highest BCUT2D eigenvalue weighted by atomic mass is 35.5. The van der Waals surface area contributed by atoms with Crippen molar-refractivity contribution in [1.82, 2.24) is 10.2 Å². The summed E-state index contributed by atoms with van der Waals surface area (Å²) in [5.74, 6) is 0.0683. The highest BCUT2D eigenvalue weighted by Gasteiger charge is 2.28. The number of rotatable bonds is 12. The minimum atomic E-state index is -3.60. The van der Waals surface area contributed by atoms with Gasteiger partial charge >= 0.3 is 0 Å². The molecule has 2 amide bonds. The zero-order valence-corrected chi connectivity index (χ0v) is 25.0. The lowest BCUT2D eigenvalue weighted by molar-refractivity contribution is -0.141. The summed E-state index contributed by atoms with van der Waals surface area (Å²) in [6.07, 6.45) is 6.64. The maximum atomic E-state index is 13.5. The minimum absolute atomic E-state index is 0.0539. The van der Waals surface area contributed by atoms with Crippen molar-refractivity contribution in [3.8, 4) is 5.75 Å². The summed E-state index contributed by atoms with van der Waals surface area (Å²) in [5.41, 5.74) is 1.20. The second-order valence-electron chi connectivity index (χ2n) is 9.93. The van der Waals surface area contributed by atoms with Crippen molar-refractivity contribution in [3.63, 3.8) is 0 Å². The fraction of sp³-hybridized carbons (Fsp3) is 0.500. The standard InChI is InChI=1S/C28H37Cl2N3O5S/c1-20(28(35)31-22-9-5-4-6-10-22)32(19-21-14-15-25(29)26(30)17-21)27(34)13-8-16-33(39(3,36)37)23-11-7-12-24(18-23)38-2/h7,11-12,14-15,17-18,20,22H,4-6,8-10,13,16,19H2,1-3H3,(H,31,35)/t20-/m0/s1. The Bertz CT molecular complexity index is 1250. The van der Waals surface area contributed by atoms with Gasteiger partial charge in [0.05, 0.1) is 29.1 Å². The van der Waals surface area contributed by atoms with Crippen LogP contribution in [0.15, 0.2) is 42.5 Å². The minimum Gasteiger partial charge on any atom is -0.497 e. The van der Waals surface area contributed by atoms with E-state index in [1.807, 2.05) is 0 Å². The summed E-state index contributed by atoms with van der Waals surface area (Å²) in [5, 5.41) is 3.87. The predicted octanol–water partition coefficient (Wildman–Crippen LogP) is 5.41. The number of methoxy groups -OCH3 is 1. The van der Waals surface area contributed by atoms with Crippen LogP contribution < -0.4 is 14.4 Å². The third-order valence-electron chi connectivity index (χ3n) is 6.95. The number of halogens is 2. The first-order valence-electron chi connectivity index (χ1n) is 13.1. The molecular formula is C28H37Cl2N3O5S. The molecule has 1 N–H and O–H groups in total. The normalized spacial score (nSPS) is 14.9. The Hall–Kier alpha value is -2.49. The number of hydrogen-bond acceptors (Lipinski definition) is 5. The Balaban J connectivity index is 1.74. The molecule has 0 spiro atoms. The molecule has 39 heavy (non-hydrogen) atoms. The molecule has 0 unspecified atom stereocenters. The predicted molar refractivity (Wildman–Crippen MR) is 156 cm³/mol. The largest absolute Gasteiger partial charge is 0.497 e. The van der Waals surface area contributed by atoms with Gasteiger partial charge in [0, 0.05) is 31.6 Å². The molecule has 8 nitrogen and oxygen atoms in total. The summed E-state index contributed by atoms with van der Waals surface area (Å²) in [4.78, 5) is 28.2. The molecule has 0 bridgehead atoms. The van der Waals surface area contributed by atoms with Crippen LogP contribution >= 0.6 is 23.2 Å². The van der Waals surface area contributed by atoms with Crippen LogP contribution in [-0.2, 0) is 26.2 Å². The lowest BCUT2D eigenvalue weighted by Gasteiger charge is -2.31. The monoisotopic (exact) mass is 597 g/mol. The van der Waals surface area contributed by atoms with Gasteiger partial charge < -0.3 is 15.0 Å². The maximum Gasteiger partial charge on any atom is 0.242 e. The summed E-state index contributed by atoms with van der Waals surface area (Å²) in [6, 6.07) is 11.3. The topological polar surface area (TPSA) is 96.0 Å². The summed E-state index contributed by atoms with van der Waals surface area (Å²) in [7, 11) is -2.09. The van der Waals surface area contributed by atoms with Gasteiger partial charge in [0.25, 0.3) is 0 Å². The molecule has 0 radical (unpaired) electrons. The van der Waals surface area contributed by atoms with Gasteiger partial charge in [-0.05, 0) is 56.0 Å². The number of carbonyl (C=O) groups is 2. The Morgan fingerprint density at radius 3 is 2.44 bits per heavy atom. The van der Waals surface area contributed by atoms with Crippen molar-refractivity contribution < 1.29 is 22.7 Å². The van der Waals surface area contributed by atoms with Gasteiger partial charge in [0.1, 0.15) is 11.8 Å². The molecular weight excluding hydrogens is 561 g/mol. The van der Waals surface area contributed by atoms with Gasteiger partial charge in [-0.3, -0.25) is 13.9 Å². The molecule has 214 valence electrons. The molecule has 2 aromatic carbocycles. The first kappa shape index (κ1) is 31.0.